The van der Waals surface area contributed by atoms with Crippen LogP contribution in [0.15, 0.2) is 46.5 Å². The highest BCUT2D eigenvalue weighted by atomic mass is 32.2. The van der Waals surface area contributed by atoms with Crippen LogP contribution >= 0.6 is 11.8 Å². The number of benzene rings is 1. The number of nitrogens with one attached hydrogen (secondary N) is 1. The molecule has 1 saturated heterocycles. The number of nitro groups is 1. The Kier molecular flexibility index (Phi) is 7.56. The van der Waals surface area contributed by atoms with Crippen LogP contribution in [-0.4, -0.2) is 51.0 Å². The first kappa shape index (κ1) is 24.8. The number of hydrogen-bond acceptors (Lipinski definition) is 9. The van der Waals surface area contributed by atoms with Crippen molar-refractivity contribution < 1.29 is 38.7 Å². The SMILES string of the molecule is CC(=O)NC=CSC1=C(C(=O)O)N2C(=O)C(C(C)OC(=O)OCc3ccc([N+](=O)[O-])cc3)C2C1. The number of carbonyl (C=O) groups is 4. The van der Waals surface area contributed by atoms with Gasteiger partial charge in [0.15, 0.2) is 0 Å². The highest BCUT2D eigenvalue weighted by Gasteiger charge is 2.57. The molecule has 1 aromatic rings. The summed E-state index contributed by atoms with van der Waals surface area (Å²) in [5.74, 6) is -2.74. The minimum atomic E-state index is -1.25. The molecule has 13 heteroatoms. The van der Waals surface area contributed by atoms with Gasteiger partial charge < -0.3 is 24.8 Å². The number of ether oxygens (including phenoxy) is 2. The lowest BCUT2D eigenvalue weighted by Crippen LogP contribution is -2.62. The smallest absolute Gasteiger partial charge is 0.477 e. The molecule has 0 aliphatic carbocycles. The zero-order valence-corrected chi connectivity index (χ0v) is 18.9. The predicted octanol–water partition coefficient (Wildman–Crippen LogP) is 2.50. The van der Waals surface area contributed by atoms with Gasteiger partial charge in [0.1, 0.15) is 18.4 Å². The number of carboxylic acid groups (broad SMARTS) is 1. The fourth-order valence-electron chi connectivity index (χ4n) is 3.70. The van der Waals surface area contributed by atoms with E-state index in [1.165, 1.54) is 54.6 Å². The Morgan fingerprint density at radius 2 is 2.03 bits per heavy atom. The summed E-state index contributed by atoms with van der Waals surface area (Å²) in [5, 5.41) is 24.2. The quantitative estimate of drug-likeness (QED) is 0.227. The molecule has 34 heavy (non-hydrogen) atoms. The highest BCUT2D eigenvalue weighted by Crippen LogP contribution is 2.47. The summed E-state index contributed by atoms with van der Waals surface area (Å²) in [6.45, 7) is 2.68. The summed E-state index contributed by atoms with van der Waals surface area (Å²) >= 11 is 1.08. The number of non-ortho nitro benzene ring substituents is 1. The molecule has 12 nitrogen and oxygen atoms in total. The Morgan fingerprint density at radius 3 is 2.62 bits per heavy atom. The van der Waals surface area contributed by atoms with Crippen LogP contribution in [0, 0.1) is 16.0 Å². The van der Waals surface area contributed by atoms with E-state index < -0.39 is 41.0 Å². The molecule has 2 aliphatic rings. The van der Waals surface area contributed by atoms with E-state index in [-0.39, 0.29) is 30.3 Å². The van der Waals surface area contributed by atoms with Crippen molar-refractivity contribution in [1.82, 2.24) is 10.2 Å². The molecular formula is C21H21N3O9S. The number of nitrogens with zero attached hydrogens (tertiary/aromatic N) is 2. The molecule has 3 atom stereocenters. The third-order valence-corrected chi connectivity index (χ3v) is 6.14. The van der Waals surface area contributed by atoms with E-state index in [0.717, 1.165) is 11.8 Å². The van der Waals surface area contributed by atoms with Crippen LogP contribution in [0.4, 0.5) is 10.5 Å². The van der Waals surface area contributed by atoms with Crippen LogP contribution in [0.5, 0.6) is 0 Å². The number of β-lactam (4-membered cyclic amide) rings is 1. The van der Waals surface area contributed by atoms with E-state index >= 15 is 0 Å². The van der Waals surface area contributed by atoms with Crippen molar-refractivity contribution in [3.8, 4) is 0 Å². The molecule has 0 spiro atoms. The number of thioether (sulfide) groups is 1. The van der Waals surface area contributed by atoms with Crippen molar-refractivity contribution in [1.29, 1.82) is 0 Å². The van der Waals surface area contributed by atoms with Gasteiger partial charge in [-0.2, -0.15) is 0 Å². The van der Waals surface area contributed by atoms with Gasteiger partial charge in [0.05, 0.1) is 16.9 Å². The summed E-state index contributed by atoms with van der Waals surface area (Å²) in [4.78, 5) is 59.2. The molecule has 2 heterocycles. The Morgan fingerprint density at radius 1 is 1.35 bits per heavy atom. The first-order valence-electron chi connectivity index (χ1n) is 10.0. The van der Waals surface area contributed by atoms with E-state index in [1.807, 2.05) is 0 Å². The zero-order valence-electron chi connectivity index (χ0n) is 18.1. The molecule has 0 saturated carbocycles. The Hall–Kier alpha value is -3.87. The molecule has 0 aromatic heterocycles. The zero-order chi connectivity index (χ0) is 25.0. The Labute approximate surface area is 197 Å². The van der Waals surface area contributed by atoms with Gasteiger partial charge in [-0.15, -0.1) is 0 Å². The molecular weight excluding hydrogens is 470 g/mol. The summed E-state index contributed by atoms with van der Waals surface area (Å²) in [7, 11) is 0. The molecule has 2 aliphatic heterocycles. The fraction of sp³-hybridized carbons (Fsp3) is 0.333. The van der Waals surface area contributed by atoms with Crippen LogP contribution in [0.2, 0.25) is 0 Å². The second-order valence-electron chi connectivity index (χ2n) is 7.49. The van der Waals surface area contributed by atoms with Crippen molar-refractivity contribution in [3.63, 3.8) is 0 Å². The molecule has 3 unspecified atom stereocenters. The highest BCUT2D eigenvalue weighted by molar-refractivity contribution is 8.05. The van der Waals surface area contributed by atoms with Crippen molar-refractivity contribution in [3.05, 3.63) is 62.2 Å². The largest absolute Gasteiger partial charge is 0.508 e. The lowest BCUT2D eigenvalue weighted by Gasteiger charge is -2.45. The number of aliphatic carboxylic acids is 1. The third-order valence-electron chi connectivity index (χ3n) is 5.23. The molecule has 1 fully saturated rings. The first-order chi connectivity index (χ1) is 16.1. The predicted molar refractivity (Wildman–Crippen MR) is 118 cm³/mol. The average Bonchev–Trinajstić information content (AvgIpc) is 3.10. The minimum Gasteiger partial charge on any atom is -0.477 e. The number of hydrogen-bond donors (Lipinski definition) is 2. The average molecular weight is 491 g/mol. The van der Waals surface area contributed by atoms with Gasteiger partial charge in [0.25, 0.3) is 5.69 Å². The van der Waals surface area contributed by atoms with Gasteiger partial charge >= 0.3 is 12.1 Å². The standard InChI is InChI=1S/C21H21N3O9S/c1-11(33-21(29)32-10-13-3-5-14(6-4-13)24(30)31)17-15-9-16(34-8-7-22-12(2)25)18(20(27)28)23(15)19(17)26/h3-8,11,15,17H,9-10H2,1-2H3,(H,22,25)(H,27,28). The lowest BCUT2D eigenvalue weighted by molar-refractivity contribution is -0.384. The van der Waals surface area contributed by atoms with Crippen LogP contribution in [0.1, 0.15) is 25.8 Å². The van der Waals surface area contributed by atoms with E-state index in [4.69, 9.17) is 9.47 Å². The van der Waals surface area contributed by atoms with Gasteiger partial charge in [0, 0.05) is 36.6 Å². The van der Waals surface area contributed by atoms with Gasteiger partial charge in [0.2, 0.25) is 11.8 Å². The summed E-state index contributed by atoms with van der Waals surface area (Å²) in [5.41, 5.74) is 0.292. The van der Waals surface area contributed by atoms with Crippen molar-refractivity contribution in [2.75, 3.05) is 0 Å². The van der Waals surface area contributed by atoms with Crippen LogP contribution in [-0.2, 0) is 30.5 Å². The maximum Gasteiger partial charge on any atom is 0.508 e. The van der Waals surface area contributed by atoms with Crippen LogP contribution in [0.3, 0.4) is 0 Å². The van der Waals surface area contributed by atoms with Gasteiger partial charge in [-0.3, -0.25) is 19.7 Å². The molecule has 2 N–H and O–H groups in total. The molecule has 0 bridgehead atoms. The maximum absolute atomic E-state index is 12.7. The number of fused-ring (bicyclic) bond motifs is 1. The first-order valence-corrected chi connectivity index (χ1v) is 10.9. The summed E-state index contributed by atoms with van der Waals surface area (Å²) in [6.07, 6.45) is -0.249. The summed E-state index contributed by atoms with van der Waals surface area (Å²) < 4.78 is 10.2. The van der Waals surface area contributed by atoms with Crippen molar-refractivity contribution in [2.24, 2.45) is 5.92 Å². The molecule has 3 rings (SSSR count). The van der Waals surface area contributed by atoms with Crippen LogP contribution in [0.25, 0.3) is 0 Å². The number of carboxylic acids is 1. The van der Waals surface area contributed by atoms with Gasteiger partial charge in [-0.25, -0.2) is 9.59 Å². The van der Waals surface area contributed by atoms with Crippen molar-refractivity contribution in [2.45, 2.75) is 39.0 Å². The maximum atomic E-state index is 12.7. The molecule has 2 amide bonds. The second kappa shape index (κ2) is 10.4. The Bertz CT molecular complexity index is 1080. The van der Waals surface area contributed by atoms with Crippen molar-refractivity contribution >= 4 is 41.4 Å². The fourth-order valence-corrected chi connectivity index (χ4v) is 4.57. The normalized spacial score (nSPS) is 19.9. The molecule has 1 aromatic carbocycles. The third kappa shape index (κ3) is 5.36. The monoisotopic (exact) mass is 491 g/mol. The number of carbonyl (C=O) groups excluding carboxylic acids is 3. The van der Waals surface area contributed by atoms with Gasteiger partial charge in [-0.05, 0) is 30.0 Å². The topological polar surface area (TPSA) is 165 Å². The van der Waals surface area contributed by atoms with E-state index in [2.05, 4.69) is 5.32 Å². The molecule has 0 radical (unpaired) electrons. The number of amides is 2. The van der Waals surface area contributed by atoms with E-state index in [0.29, 0.717) is 10.5 Å². The summed E-state index contributed by atoms with van der Waals surface area (Å²) in [6, 6.07) is 4.97. The number of nitro benzene ring substituents is 1. The Balaban J connectivity index is 1.56. The van der Waals surface area contributed by atoms with E-state index in [1.54, 1.807) is 0 Å². The minimum absolute atomic E-state index is 0.0953. The number of rotatable bonds is 9. The van der Waals surface area contributed by atoms with E-state index in [9.17, 15) is 34.4 Å². The lowest BCUT2D eigenvalue weighted by atomic mass is 9.83. The van der Waals surface area contributed by atoms with Crippen LogP contribution < -0.4 is 5.32 Å². The molecule has 180 valence electrons. The van der Waals surface area contributed by atoms with Gasteiger partial charge in [-0.1, -0.05) is 11.8 Å². The second-order valence-corrected chi connectivity index (χ2v) is 8.49.